The molecular weight excluding hydrogens is 608 g/mol. The first-order chi connectivity index (χ1) is 23.5. The maximum atomic E-state index is 12.2. The van der Waals surface area contributed by atoms with Gasteiger partial charge in [0.1, 0.15) is 13.2 Å². The number of carbonyl (C=O) groups is 2. The lowest BCUT2D eigenvalue weighted by Gasteiger charge is -2.11. The van der Waals surface area contributed by atoms with Crippen molar-refractivity contribution in [3.8, 4) is 23.0 Å². The first kappa shape index (κ1) is 35.2. The highest BCUT2D eigenvalue weighted by Crippen LogP contribution is 2.29. The second-order valence-electron chi connectivity index (χ2n) is 10.9. The highest BCUT2D eigenvalue weighted by molar-refractivity contribution is 5.84. The number of nitrogens with zero attached hydrogens (tertiary/aromatic N) is 2. The Morgan fingerprint density at radius 2 is 0.979 bits per heavy atom. The van der Waals surface area contributed by atoms with Gasteiger partial charge in [0, 0.05) is 12.8 Å². The van der Waals surface area contributed by atoms with Crippen LogP contribution in [-0.2, 0) is 22.8 Å². The molecule has 250 valence electrons. The monoisotopic (exact) mass is 650 g/mol. The molecule has 0 aliphatic heterocycles. The maximum absolute atomic E-state index is 12.2. The molecule has 48 heavy (non-hydrogen) atoms. The molecule has 2 amide bonds. The van der Waals surface area contributed by atoms with Gasteiger partial charge in [-0.25, -0.2) is 10.9 Å². The molecule has 10 heteroatoms. The number of carbonyl (C=O) groups excluding carboxylic acids is 2. The summed E-state index contributed by atoms with van der Waals surface area (Å²) in [5.74, 6) is 2.08. The van der Waals surface area contributed by atoms with E-state index in [0.717, 1.165) is 35.1 Å². The van der Waals surface area contributed by atoms with Crippen LogP contribution in [0.4, 0.5) is 0 Å². The van der Waals surface area contributed by atoms with Crippen molar-refractivity contribution in [2.75, 3.05) is 14.2 Å². The SMILES string of the molecule is COc1cc(C=NNC(=O)CCCCCCC(=O)NN=Cc2ccc(OCc3ccccc3)c(OC)c2)ccc1OCc1ccccc1. The summed E-state index contributed by atoms with van der Waals surface area (Å²) < 4.78 is 22.7. The third-order valence-electron chi connectivity index (χ3n) is 7.21. The van der Waals surface area contributed by atoms with Crippen LogP contribution in [0.2, 0.25) is 0 Å². The van der Waals surface area contributed by atoms with Crippen LogP contribution in [-0.4, -0.2) is 38.5 Å². The number of methoxy groups -OCH3 is 2. The standard InChI is InChI=1S/C38H42N4O6/c1-45-35-23-31(19-21-33(35)47-27-29-13-7-5-8-14-29)25-39-41-37(43)17-11-3-4-12-18-38(44)42-40-26-32-20-22-34(36(24-32)46-2)48-28-30-15-9-6-10-16-30/h5-10,13-16,19-26H,3-4,11-12,17-18,27-28H2,1-2H3,(H,41,43)(H,42,44). The molecule has 0 bridgehead atoms. The van der Waals surface area contributed by atoms with Gasteiger partial charge in [0.2, 0.25) is 11.8 Å². The van der Waals surface area contributed by atoms with Crippen molar-refractivity contribution in [2.45, 2.75) is 51.7 Å². The number of amides is 2. The van der Waals surface area contributed by atoms with Crippen molar-refractivity contribution in [3.63, 3.8) is 0 Å². The minimum Gasteiger partial charge on any atom is -0.493 e. The summed E-state index contributed by atoms with van der Waals surface area (Å²) in [5, 5.41) is 8.12. The number of nitrogens with one attached hydrogen (secondary N) is 2. The van der Waals surface area contributed by atoms with E-state index in [4.69, 9.17) is 18.9 Å². The fourth-order valence-electron chi connectivity index (χ4n) is 4.63. The molecule has 4 aromatic rings. The fraction of sp³-hybridized carbons (Fsp3) is 0.263. The average molecular weight is 651 g/mol. The van der Waals surface area contributed by atoms with Crippen molar-refractivity contribution in [1.82, 2.24) is 10.9 Å². The Balaban J connectivity index is 1.07. The highest BCUT2D eigenvalue weighted by Gasteiger charge is 2.08. The lowest BCUT2D eigenvalue weighted by molar-refractivity contribution is -0.122. The number of benzene rings is 4. The molecule has 0 radical (unpaired) electrons. The summed E-state index contributed by atoms with van der Waals surface area (Å²) in [6, 6.07) is 30.7. The normalized spacial score (nSPS) is 11.0. The van der Waals surface area contributed by atoms with Gasteiger partial charge in [-0.1, -0.05) is 73.5 Å². The third kappa shape index (κ3) is 12.3. The van der Waals surface area contributed by atoms with E-state index in [9.17, 15) is 9.59 Å². The van der Waals surface area contributed by atoms with Crippen LogP contribution in [0.3, 0.4) is 0 Å². The average Bonchev–Trinajstić information content (AvgIpc) is 3.12. The van der Waals surface area contributed by atoms with Gasteiger partial charge in [-0.2, -0.15) is 10.2 Å². The van der Waals surface area contributed by atoms with Crippen LogP contribution in [0, 0.1) is 0 Å². The molecule has 0 aromatic heterocycles. The quantitative estimate of drug-likeness (QED) is 0.0654. The lowest BCUT2D eigenvalue weighted by atomic mass is 10.1. The van der Waals surface area contributed by atoms with Crippen molar-refractivity contribution in [1.29, 1.82) is 0 Å². The molecule has 0 saturated heterocycles. The summed E-state index contributed by atoms with van der Waals surface area (Å²) in [6.07, 6.45) is 6.89. The maximum Gasteiger partial charge on any atom is 0.240 e. The summed E-state index contributed by atoms with van der Waals surface area (Å²) in [7, 11) is 3.16. The van der Waals surface area contributed by atoms with Crippen molar-refractivity contribution >= 4 is 24.2 Å². The van der Waals surface area contributed by atoms with E-state index in [-0.39, 0.29) is 11.8 Å². The van der Waals surface area contributed by atoms with Gasteiger partial charge in [-0.3, -0.25) is 9.59 Å². The molecular formula is C38H42N4O6. The second-order valence-corrected chi connectivity index (χ2v) is 10.9. The zero-order chi connectivity index (χ0) is 33.8. The van der Waals surface area contributed by atoms with E-state index >= 15 is 0 Å². The van der Waals surface area contributed by atoms with E-state index in [0.29, 0.717) is 61.9 Å². The molecule has 0 aliphatic carbocycles. The number of rotatable bonds is 19. The molecule has 0 unspecified atom stereocenters. The molecule has 0 spiro atoms. The van der Waals surface area contributed by atoms with Crippen molar-refractivity contribution < 1.29 is 28.5 Å². The molecule has 0 atom stereocenters. The first-order valence-corrected chi connectivity index (χ1v) is 15.9. The Morgan fingerprint density at radius 1 is 0.562 bits per heavy atom. The molecule has 10 nitrogen and oxygen atoms in total. The van der Waals surface area contributed by atoms with E-state index in [1.165, 1.54) is 0 Å². The van der Waals surface area contributed by atoms with Gasteiger partial charge in [-0.15, -0.1) is 0 Å². The van der Waals surface area contributed by atoms with Crippen LogP contribution in [0.5, 0.6) is 23.0 Å². The first-order valence-electron chi connectivity index (χ1n) is 15.9. The van der Waals surface area contributed by atoms with Gasteiger partial charge in [0.05, 0.1) is 26.6 Å². The molecule has 2 N–H and O–H groups in total. The largest absolute Gasteiger partial charge is 0.493 e. The van der Waals surface area contributed by atoms with Gasteiger partial charge >= 0.3 is 0 Å². The highest BCUT2D eigenvalue weighted by atomic mass is 16.5. The summed E-state index contributed by atoms with van der Waals surface area (Å²) in [6.45, 7) is 0.864. The Morgan fingerprint density at radius 3 is 1.38 bits per heavy atom. The van der Waals surface area contributed by atoms with Crippen LogP contribution in [0.15, 0.2) is 107 Å². The van der Waals surface area contributed by atoms with Crippen molar-refractivity contribution in [3.05, 3.63) is 119 Å². The predicted molar refractivity (Wildman–Crippen MR) is 187 cm³/mol. The molecule has 0 aliphatic rings. The third-order valence-corrected chi connectivity index (χ3v) is 7.21. The number of hydrogen-bond acceptors (Lipinski definition) is 8. The van der Waals surface area contributed by atoms with Crippen molar-refractivity contribution in [2.24, 2.45) is 10.2 Å². The predicted octanol–water partition coefficient (Wildman–Crippen LogP) is 6.80. The van der Waals surface area contributed by atoms with Crippen LogP contribution in [0.25, 0.3) is 0 Å². The van der Waals surface area contributed by atoms with E-state index < -0.39 is 0 Å². The number of unbranched alkanes of at least 4 members (excludes halogenated alkanes) is 3. The number of ether oxygens (including phenoxy) is 4. The van der Waals surface area contributed by atoms with E-state index in [1.54, 1.807) is 38.8 Å². The Hall–Kier alpha value is -5.64. The second kappa shape index (κ2) is 19.8. The fourth-order valence-corrected chi connectivity index (χ4v) is 4.63. The Bertz CT molecular complexity index is 1520. The Labute approximate surface area is 281 Å². The zero-order valence-corrected chi connectivity index (χ0v) is 27.4. The molecule has 0 fully saturated rings. The van der Waals surface area contributed by atoms with Crippen LogP contribution in [0.1, 0.15) is 60.8 Å². The molecule has 0 saturated carbocycles. The molecule has 4 rings (SSSR count). The summed E-state index contributed by atoms with van der Waals surface area (Å²) in [4.78, 5) is 24.4. The molecule has 4 aromatic carbocycles. The van der Waals surface area contributed by atoms with E-state index in [2.05, 4.69) is 21.1 Å². The van der Waals surface area contributed by atoms with Gasteiger partial charge in [0.15, 0.2) is 23.0 Å². The summed E-state index contributed by atoms with van der Waals surface area (Å²) >= 11 is 0. The number of hydrogen-bond donors (Lipinski definition) is 2. The smallest absolute Gasteiger partial charge is 0.240 e. The van der Waals surface area contributed by atoms with Gasteiger partial charge in [0.25, 0.3) is 0 Å². The summed E-state index contributed by atoms with van der Waals surface area (Å²) in [5.41, 5.74) is 8.78. The van der Waals surface area contributed by atoms with Gasteiger partial charge < -0.3 is 18.9 Å². The Kier molecular flexibility index (Phi) is 14.5. The lowest BCUT2D eigenvalue weighted by Crippen LogP contribution is -2.17. The van der Waals surface area contributed by atoms with Crippen LogP contribution >= 0.6 is 0 Å². The number of hydrazone groups is 2. The minimum absolute atomic E-state index is 0.166. The topological polar surface area (TPSA) is 120 Å². The molecule has 0 heterocycles. The van der Waals surface area contributed by atoms with Gasteiger partial charge in [-0.05, 0) is 71.5 Å². The minimum atomic E-state index is -0.166. The van der Waals surface area contributed by atoms with E-state index in [1.807, 2.05) is 84.9 Å². The van der Waals surface area contributed by atoms with Crippen LogP contribution < -0.4 is 29.8 Å². The zero-order valence-electron chi connectivity index (χ0n) is 27.4.